The first-order chi connectivity index (χ1) is 8.15. The molecule has 0 aromatic heterocycles. The van der Waals surface area contributed by atoms with Crippen LogP contribution in [0.5, 0.6) is 0 Å². The predicted octanol–water partition coefficient (Wildman–Crippen LogP) is 3.59. The molecule has 2 rings (SSSR count). The van der Waals surface area contributed by atoms with Crippen molar-refractivity contribution in [2.75, 3.05) is 25.0 Å². The molecule has 0 aliphatic carbocycles. The van der Waals surface area contributed by atoms with Gasteiger partial charge in [0, 0.05) is 35.8 Å². The molecule has 17 heavy (non-hydrogen) atoms. The van der Waals surface area contributed by atoms with Gasteiger partial charge in [0.2, 0.25) is 0 Å². The van der Waals surface area contributed by atoms with Crippen LogP contribution in [0.25, 0.3) is 0 Å². The summed E-state index contributed by atoms with van der Waals surface area (Å²) in [5.41, 5.74) is 1.19. The van der Waals surface area contributed by atoms with Crippen LogP contribution in [0.1, 0.15) is 20.3 Å². The molecule has 1 aromatic carbocycles. The van der Waals surface area contributed by atoms with Gasteiger partial charge in [-0.25, -0.2) is 0 Å². The first kappa shape index (κ1) is 12.9. The highest BCUT2D eigenvalue weighted by Gasteiger charge is 2.24. The number of likely N-dealkylation sites (tertiary alicyclic amines) is 1. The highest BCUT2D eigenvalue weighted by atomic mass is 79.9. The van der Waals surface area contributed by atoms with Crippen molar-refractivity contribution in [3.63, 3.8) is 0 Å². The third-order valence-electron chi connectivity index (χ3n) is 3.47. The third kappa shape index (κ3) is 3.71. The normalized spacial score (nSPS) is 25.1. The van der Waals surface area contributed by atoms with E-state index in [4.69, 9.17) is 0 Å². The number of hydrogen-bond acceptors (Lipinski definition) is 2. The first-order valence-corrected chi connectivity index (χ1v) is 7.18. The fourth-order valence-corrected chi connectivity index (χ4v) is 3.04. The van der Waals surface area contributed by atoms with Gasteiger partial charge in [-0.05, 0) is 37.5 Å². The molecular weight excluding hydrogens is 276 g/mol. The summed E-state index contributed by atoms with van der Waals surface area (Å²) in [5.74, 6) is 0.857. The molecule has 1 fully saturated rings. The van der Waals surface area contributed by atoms with Crippen LogP contribution in [0.2, 0.25) is 0 Å². The van der Waals surface area contributed by atoms with Gasteiger partial charge >= 0.3 is 0 Å². The maximum Gasteiger partial charge on any atom is 0.0351 e. The highest BCUT2D eigenvalue weighted by Crippen LogP contribution is 2.21. The summed E-state index contributed by atoms with van der Waals surface area (Å²) in [5, 5.41) is 3.48. The minimum atomic E-state index is 0.745. The van der Waals surface area contributed by atoms with Gasteiger partial charge in [0.1, 0.15) is 0 Å². The van der Waals surface area contributed by atoms with E-state index in [1.165, 1.54) is 18.7 Å². The minimum Gasteiger partial charge on any atom is -0.384 e. The third-order valence-corrected chi connectivity index (χ3v) is 3.96. The fraction of sp³-hybridized carbons (Fsp3) is 0.571. The molecule has 0 amide bonds. The summed E-state index contributed by atoms with van der Waals surface area (Å²) >= 11 is 3.49. The summed E-state index contributed by atoms with van der Waals surface area (Å²) in [6.07, 6.45) is 1.34. The van der Waals surface area contributed by atoms with Gasteiger partial charge in [-0.15, -0.1) is 0 Å². The Balaban J connectivity index is 1.76. The van der Waals surface area contributed by atoms with Crippen LogP contribution in [-0.2, 0) is 0 Å². The second kappa shape index (κ2) is 5.87. The van der Waals surface area contributed by atoms with Gasteiger partial charge in [-0.3, -0.25) is 4.90 Å². The van der Waals surface area contributed by atoms with Crippen molar-refractivity contribution in [2.45, 2.75) is 26.3 Å². The quantitative estimate of drug-likeness (QED) is 0.913. The monoisotopic (exact) mass is 296 g/mol. The minimum absolute atomic E-state index is 0.745. The summed E-state index contributed by atoms with van der Waals surface area (Å²) in [6, 6.07) is 9.09. The van der Waals surface area contributed by atoms with Crippen LogP contribution < -0.4 is 5.32 Å². The Hall–Kier alpha value is -0.540. The number of rotatable bonds is 4. The van der Waals surface area contributed by atoms with Crippen molar-refractivity contribution < 1.29 is 0 Å². The van der Waals surface area contributed by atoms with E-state index in [1.54, 1.807) is 0 Å². The van der Waals surface area contributed by atoms with Gasteiger partial charge < -0.3 is 5.32 Å². The van der Waals surface area contributed by atoms with E-state index in [1.807, 2.05) is 0 Å². The fourth-order valence-electron chi connectivity index (χ4n) is 2.64. The molecule has 3 heteroatoms. The van der Waals surface area contributed by atoms with E-state index >= 15 is 0 Å². The molecule has 1 saturated heterocycles. The van der Waals surface area contributed by atoms with Gasteiger partial charge in [0.25, 0.3) is 0 Å². The molecule has 0 spiro atoms. The molecule has 0 bridgehead atoms. The molecule has 94 valence electrons. The standard InChI is InChI=1S/C14H21BrN2/c1-11-8-12(2)17(10-11)7-6-16-14-5-3-4-13(15)9-14/h3-5,9,11-12,16H,6-8,10H2,1-2H3. The first-order valence-electron chi connectivity index (χ1n) is 6.38. The average Bonchev–Trinajstić information content (AvgIpc) is 2.58. The van der Waals surface area contributed by atoms with Crippen molar-refractivity contribution >= 4 is 21.6 Å². The maximum atomic E-state index is 3.49. The lowest BCUT2D eigenvalue weighted by Gasteiger charge is -2.21. The number of anilines is 1. The van der Waals surface area contributed by atoms with Gasteiger partial charge in [0.05, 0.1) is 0 Å². The Morgan fingerprint density at radius 3 is 2.88 bits per heavy atom. The molecule has 2 atom stereocenters. The van der Waals surface area contributed by atoms with E-state index in [-0.39, 0.29) is 0 Å². The van der Waals surface area contributed by atoms with E-state index < -0.39 is 0 Å². The zero-order valence-corrected chi connectivity index (χ0v) is 12.2. The van der Waals surface area contributed by atoms with E-state index in [2.05, 4.69) is 64.3 Å². The molecule has 2 nitrogen and oxygen atoms in total. The van der Waals surface area contributed by atoms with E-state index in [0.29, 0.717) is 0 Å². The zero-order valence-electron chi connectivity index (χ0n) is 10.6. The summed E-state index contributed by atoms with van der Waals surface area (Å²) in [6.45, 7) is 8.09. The molecule has 0 saturated carbocycles. The Morgan fingerprint density at radius 2 is 2.24 bits per heavy atom. The smallest absolute Gasteiger partial charge is 0.0351 e. The lowest BCUT2D eigenvalue weighted by Crippen LogP contribution is -2.32. The molecule has 2 unspecified atom stereocenters. The van der Waals surface area contributed by atoms with Crippen LogP contribution in [0.4, 0.5) is 5.69 Å². The van der Waals surface area contributed by atoms with Crippen LogP contribution in [0.3, 0.4) is 0 Å². The Morgan fingerprint density at radius 1 is 1.41 bits per heavy atom. The van der Waals surface area contributed by atoms with Crippen molar-refractivity contribution in [3.05, 3.63) is 28.7 Å². The number of hydrogen-bond donors (Lipinski definition) is 1. The van der Waals surface area contributed by atoms with Crippen LogP contribution in [0, 0.1) is 5.92 Å². The lowest BCUT2D eigenvalue weighted by atomic mass is 10.1. The van der Waals surface area contributed by atoms with Crippen molar-refractivity contribution in [1.29, 1.82) is 0 Å². The van der Waals surface area contributed by atoms with Crippen LogP contribution in [-0.4, -0.2) is 30.6 Å². The largest absolute Gasteiger partial charge is 0.384 e. The molecule has 1 aliphatic rings. The number of nitrogens with zero attached hydrogens (tertiary/aromatic N) is 1. The van der Waals surface area contributed by atoms with Gasteiger partial charge in [-0.1, -0.05) is 28.9 Å². The van der Waals surface area contributed by atoms with Crippen molar-refractivity contribution in [3.8, 4) is 0 Å². The number of nitrogens with one attached hydrogen (secondary N) is 1. The number of halogens is 1. The molecule has 1 aromatic rings. The Kier molecular flexibility index (Phi) is 4.46. The molecule has 1 heterocycles. The zero-order chi connectivity index (χ0) is 12.3. The summed E-state index contributed by atoms with van der Waals surface area (Å²) < 4.78 is 1.13. The maximum absolute atomic E-state index is 3.49. The highest BCUT2D eigenvalue weighted by molar-refractivity contribution is 9.10. The second-order valence-corrected chi connectivity index (χ2v) is 6.04. The predicted molar refractivity (Wildman–Crippen MR) is 77.4 cm³/mol. The number of benzene rings is 1. The van der Waals surface area contributed by atoms with E-state index in [0.717, 1.165) is 29.5 Å². The molecule has 1 aliphatic heterocycles. The van der Waals surface area contributed by atoms with Gasteiger partial charge in [-0.2, -0.15) is 0 Å². The average molecular weight is 297 g/mol. The molecular formula is C14H21BrN2. The molecule has 1 N–H and O–H groups in total. The topological polar surface area (TPSA) is 15.3 Å². The van der Waals surface area contributed by atoms with E-state index in [9.17, 15) is 0 Å². The Labute approximate surface area is 113 Å². The van der Waals surface area contributed by atoms with Crippen molar-refractivity contribution in [1.82, 2.24) is 4.90 Å². The summed E-state index contributed by atoms with van der Waals surface area (Å²) in [7, 11) is 0. The lowest BCUT2D eigenvalue weighted by molar-refractivity contribution is 0.275. The van der Waals surface area contributed by atoms with Crippen molar-refractivity contribution in [2.24, 2.45) is 5.92 Å². The second-order valence-electron chi connectivity index (χ2n) is 5.12. The van der Waals surface area contributed by atoms with Crippen LogP contribution >= 0.6 is 15.9 Å². The summed E-state index contributed by atoms with van der Waals surface area (Å²) in [4.78, 5) is 2.58. The molecule has 0 radical (unpaired) electrons. The Bertz CT molecular complexity index is 367. The van der Waals surface area contributed by atoms with Crippen LogP contribution in [0.15, 0.2) is 28.7 Å². The SMILES string of the molecule is CC1CC(C)N(CCNc2cccc(Br)c2)C1. The van der Waals surface area contributed by atoms with Gasteiger partial charge in [0.15, 0.2) is 0 Å².